The largest absolute Gasteiger partial charge is 0.480 e. The van der Waals surface area contributed by atoms with Crippen LogP contribution in [-0.2, 0) is 9.53 Å². The standard InChI is InChI=1S/C14H27N3O4/c1-3-17(10-13(18)19)12-8-11(9-12)16-14(20)15-6-5-7-21-4-2/h11-12H,3-10H2,1-2H3,(H,18,19)(H2,15,16,20). The molecule has 0 spiro atoms. The molecule has 1 aliphatic carbocycles. The van der Waals surface area contributed by atoms with Crippen molar-refractivity contribution in [2.75, 3.05) is 32.8 Å². The minimum atomic E-state index is -0.805. The molecule has 0 atom stereocenters. The van der Waals surface area contributed by atoms with Gasteiger partial charge in [-0.15, -0.1) is 0 Å². The van der Waals surface area contributed by atoms with E-state index in [-0.39, 0.29) is 24.7 Å². The molecule has 2 amide bonds. The Balaban J connectivity index is 2.10. The highest BCUT2D eigenvalue weighted by Gasteiger charge is 2.34. The summed E-state index contributed by atoms with van der Waals surface area (Å²) in [5.74, 6) is -0.805. The molecule has 1 rings (SSSR count). The maximum atomic E-state index is 11.6. The van der Waals surface area contributed by atoms with Crippen LogP contribution in [0.5, 0.6) is 0 Å². The molecule has 21 heavy (non-hydrogen) atoms. The van der Waals surface area contributed by atoms with Crippen LogP contribution in [0.25, 0.3) is 0 Å². The fraction of sp³-hybridized carbons (Fsp3) is 0.857. The Bertz CT molecular complexity index is 332. The van der Waals surface area contributed by atoms with Crippen molar-refractivity contribution in [2.45, 2.75) is 45.2 Å². The van der Waals surface area contributed by atoms with Crippen molar-refractivity contribution in [2.24, 2.45) is 0 Å². The number of hydrogen-bond donors (Lipinski definition) is 3. The lowest BCUT2D eigenvalue weighted by Gasteiger charge is -2.42. The molecule has 0 heterocycles. The topological polar surface area (TPSA) is 90.9 Å². The van der Waals surface area contributed by atoms with Crippen LogP contribution in [0, 0.1) is 0 Å². The highest BCUT2D eigenvalue weighted by atomic mass is 16.5. The van der Waals surface area contributed by atoms with E-state index in [1.54, 1.807) is 0 Å². The average molecular weight is 301 g/mol. The summed E-state index contributed by atoms with van der Waals surface area (Å²) >= 11 is 0. The van der Waals surface area contributed by atoms with E-state index in [9.17, 15) is 9.59 Å². The Morgan fingerprint density at radius 3 is 2.62 bits per heavy atom. The van der Waals surface area contributed by atoms with Crippen molar-refractivity contribution < 1.29 is 19.4 Å². The van der Waals surface area contributed by atoms with Gasteiger partial charge in [0.2, 0.25) is 0 Å². The molecule has 0 radical (unpaired) electrons. The summed E-state index contributed by atoms with van der Waals surface area (Å²) in [6, 6.07) is 0.246. The molecule has 0 saturated heterocycles. The molecule has 0 bridgehead atoms. The van der Waals surface area contributed by atoms with Gasteiger partial charge < -0.3 is 20.5 Å². The normalized spacial score (nSPS) is 20.9. The van der Waals surface area contributed by atoms with E-state index in [0.29, 0.717) is 26.3 Å². The second-order valence-electron chi connectivity index (χ2n) is 5.23. The van der Waals surface area contributed by atoms with Gasteiger partial charge in [-0.2, -0.15) is 0 Å². The third-order valence-electron chi connectivity index (χ3n) is 3.66. The SMILES string of the molecule is CCOCCCNC(=O)NC1CC(N(CC)CC(=O)O)C1. The molecule has 3 N–H and O–H groups in total. The van der Waals surface area contributed by atoms with Gasteiger partial charge in [0.05, 0.1) is 6.54 Å². The first-order valence-electron chi connectivity index (χ1n) is 7.64. The third-order valence-corrected chi connectivity index (χ3v) is 3.66. The number of aliphatic carboxylic acids is 1. The van der Waals surface area contributed by atoms with Crippen LogP contribution in [0.3, 0.4) is 0 Å². The number of amides is 2. The molecule has 7 nitrogen and oxygen atoms in total. The van der Waals surface area contributed by atoms with Crippen molar-refractivity contribution in [1.29, 1.82) is 0 Å². The van der Waals surface area contributed by atoms with Gasteiger partial charge in [0.25, 0.3) is 0 Å². The van der Waals surface area contributed by atoms with Gasteiger partial charge in [0.1, 0.15) is 0 Å². The highest BCUT2D eigenvalue weighted by Crippen LogP contribution is 2.25. The van der Waals surface area contributed by atoms with Gasteiger partial charge in [-0.1, -0.05) is 6.92 Å². The lowest BCUT2D eigenvalue weighted by Crippen LogP contribution is -2.56. The van der Waals surface area contributed by atoms with E-state index < -0.39 is 5.97 Å². The van der Waals surface area contributed by atoms with Gasteiger partial charge in [-0.05, 0) is 32.7 Å². The number of urea groups is 1. The number of ether oxygens (including phenoxy) is 1. The van der Waals surface area contributed by atoms with Gasteiger partial charge in [-0.25, -0.2) is 4.79 Å². The Labute approximate surface area is 126 Å². The molecule has 1 fully saturated rings. The summed E-state index contributed by atoms with van der Waals surface area (Å²) in [5.41, 5.74) is 0. The molecule has 1 aliphatic rings. The fourth-order valence-corrected chi connectivity index (χ4v) is 2.43. The summed E-state index contributed by atoms with van der Waals surface area (Å²) < 4.78 is 5.19. The van der Waals surface area contributed by atoms with Crippen LogP contribution in [0.15, 0.2) is 0 Å². The summed E-state index contributed by atoms with van der Waals surface area (Å²) in [7, 11) is 0. The molecular formula is C14H27N3O4. The minimum absolute atomic E-state index is 0.0670. The van der Waals surface area contributed by atoms with Crippen LogP contribution in [-0.4, -0.2) is 66.9 Å². The number of rotatable bonds is 10. The number of likely N-dealkylation sites (N-methyl/N-ethyl adjacent to an activating group) is 1. The molecule has 0 aromatic rings. The van der Waals surface area contributed by atoms with Crippen LogP contribution in [0.2, 0.25) is 0 Å². The van der Waals surface area contributed by atoms with Gasteiger partial charge in [0.15, 0.2) is 0 Å². The fourth-order valence-electron chi connectivity index (χ4n) is 2.43. The average Bonchev–Trinajstić information content (AvgIpc) is 2.39. The van der Waals surface area contributed by atoms with Gasteiger partial charge >= 0.3 is 12.0 Å². The van der Waals surface area contributed by atoms with E-state index in [0.717, 1.165) is 19.3 Å². The number of hydrogen-bond acceptors (Lipinski definition) is 4. The quantitative estimate of drug-likeness (QED) is 0.515. The summed E-state index contributed by atoms with van der Waals surface area (Å²) in [5, 5.41) is 14.5. The number of nitrogens with zero attached hydrogens (tertiary/aromatic N) is 1. The van der Waals surface area contributed by atoms with Crippen molar-refractivity contribution in [1.82, 2.24) is 15.5 Å². The Morgan fingerprint density at radius 1 is 1.33 bits per heavy atom. The molecule has 0 unspecified atom stereocenters. The van der Waals surface area contributed by atoms with Gasteiger partial charge in [0, 0.05) is 31.8 Å². The molecule has 1 saturated carbocycles. The zero-order valence-corrected chi connectivity index (χ0v) is 12.9. The first kappa shape index (κ1) is 17.7. The Kier molecular flexibility index (Phi) is 8.07. The summed E-state index contributed by atoms with van der Waals surface area (Å²) in [6.45, 7) is 6.63. The number of carboxylic acid groups (broad SMARTS) is 1. The van der Waals surface area contributed by atoms with E-state index >= 15 is 0 Å². The number of carbonyl (C=O) groups is 2. The van der Waals surface area contributed by atoms with Crippen LogP contribution in [0.4, 0.5) is 4.79 Å². The first-order chi connectivity index (χ1) is 10.1. The third kappa shape index (κ3) is 6.77. The number of carboxylic acids is 1. The zero-order valence-electron chi connectivity index (χ0n) is 12.9. The van der Waals surface area contributed by atoms with Crippen LogP contribution < -0.4 is 10.6 Å². The number of carbonyl (C=O) groups excluding carboxylic acids is 1. The minimum Gasteiger partial charge on any atom is -0.480 e. The molecule has 7 heteroatoms. The zero-order chi connectivity index (χ0) is 15.7. The first-order valence-corrected chi connectivity index (χ1v) is 7.64. The van der Waals surface area contributed by atoms with Crippen molar-refractivity contribution in [3.63, 3.8) is 0 Å². The van der Waals surface area contributed by atoms with E-state index in [4.69, 9.17) is 9.84 Å². The van der Waals surface area contributed by atoms with E-state index in [2.05, 4.69) is 10.6 Å². The van der Waals surface area contributed by atoms with Gasteiger partial charge in [-0.3, -0.25) is 9.69 Å². The maximum absolute atomic E-state index is 11.6. The maximum Gasteiger partial charge on any atom is 0.317 e. The molecule has 0 aromatic heterocycles. The lowest BCUT2D eigenvalue weighted by atomic mass is 9.85. The van der Waals surface area contributed by atoms with Crippen molar-refractivity contribution in [3.8, 4) is 0 Å². The Morgan fingerprint density at radius 2 is 2.05 bits per heavy atom. The second-order valence-corrected chi connectivity index (χ2v) is 5.23. The van der Waals surface area contributed by atoms with E-state index in [1.165, 1.54) is 0 Å². The van der Waals surface area contributed by atoms with Crippen LogP contribution >= 0.6 is 0 Å². The lowest BCUT2D eigenvalue weighted by molar-refractivity contribution is -0.139. The molecule has 0 aliphatic heterocycles. The summed E-state index contributed by atoms with van der Waals surface area (Å²) in [4.78, 5) is 24.3. The predicted molar refractivity (Wildman–Crippen MR) is 79.3 cm³/mol. The van der Waals surface area contributed by atoms with Crippen LogP contribution in [0.1, 0.15) is 33.1 Å². The molecule has 0 aromatic carbocycles. The van der Waals surface area contributed by atoms with E-state index in [1.807, 2.05) is 18.7 Å². The van der Waals surface area contributed by atoms with Crippen molar-refractivity contribution >= 4 is 12.0 Å². The highest BCUT2D eigenvalue weighted by molar-refractivity contribution is 5.74. The van der Waals surface area contributed by atoms with Crippen molar-refractivity contribution in [3.05, 3.63) is 0 Å². The second kappa shape index (κ2) is 9.57. The predicted octanol–water partition coefficient (Wildman–Crippen LogP) is 0.650. The molecular weight excluding hydrogens is 274 g/mol. The Hall–Kier alpha value is -1.34. The molecule has 122 valence electrons. The smallest absolute Gasteiger partial charge is 0.317 e. The summed E-state index contributed by atoms with van der Waals surface area (Å²) in [6.07, 6.45) is 2.43. The monoisotopic (exact) mass is 301 g/mol. The number of nitrogens with one attached hydrogen (secondary N) is 2.